The molecule has 0 amide bonds. The maximum absolute atomic E-state index is 12.9. The molecule has 0 aliphatic rings. The second-order valence-corrected chi connectivity index (χ2v) is 21.7. The second kappa shape index (κ2) is 62.6. The number of hydrogen-bond acceptors (Lipinski definition) is 6. The number of unbranched alkanes of at least 4 members (excludes halogenated alkanes) is 38. The summed E-state index contributed by atoms with van der Waals surface area (Å²) in [5, 5.41) is 0. The van der Waals surface area contributed by atoms with Gasteiger partial charge in [0.05, 0.1) is 0 Å². The average molecular weight is 1040 g/mol. The number of hydrogen-bond donors (Lipinski definition) is 0. The number of ether oxygens (including phenoxy) is 3. The van der Waals surface area contributed by atoms with E-state index in [0.29, 0.717) is 19.3 Å². The summed E-state index contributed by atoms with van der Waals surface area (Å²) in [6.45, 7) is 6.62. The van der Waals surface area contributed by atoms with Gasteiger partial charge in [-0.1, -0.05) is 268 Å². The van der Waals surface area contributed by atoms with Crippen LogP contribution in [-0.2, 0) is 28.6 Å². The smallest absolute Gasteiger partial charge is 0.306 e. The molecule has 0 rings (SSSR count). The molecule has 1 atom stereocenters. The summed E-state index contributed by atoms with van der Waals surface area (Å²) in [6.07, 6.45) is 79.5. The van der Waals surface area contributed by atoms with Crippen molar-refractivity contribution >= 4 is 17.9 Å². The van der Waals surface area contributed by atoms with E-state index in [4.69, 9.17) is 14.2 Å². The highest BCUT2D eigenvalue weighted by Crippen LogP contribution is 2.16. The van der Waals surface area contributed by atoms with Crippen LogP contribution in [0.2, 0.25) is 0 Å². The van der Waals surface area contributed by atoms with Crippen LogP contribution in [0.15, 0.2) is 60.8 Å². The normalized spacial score (nSPS) is 12.4. The number of carbonyl (C=O) groups is 3. The van der Waals surface area contributed by atoms with Crippen LogP contribution >= 0.6 is 0 Å². The number of allylic oxidation sites excluding steroid dienone is 10. The van der Waals surface area contributed by atoms with E-state index in [9.17, 15) is 14.4 Å². The molecule has 6 nitrogen and oxygen atoms in total. The Hall–Kier alpha value is -2.89. The van der Waals surface area contributed by atoms with Gasteiger partial charge in [0.15, 0.2) is 6.10 Å². The van der Waals surface area contributed by atoms with Crippen LogP contribution in [-0.4, -0.2) is 37.2 Å². The Morgan fingerprint density at radius 3 is 0.770 bits per heavy atom. The van der Waals surface area contributed by atoms with Crippen molar-refractivity contribution in [1.29, 1.82) is 0 Å². The summed E-state index contributed by atoms with van der Waals surface area (Å²) in [5.41, 5.74) is 0. The Morgan fingerprint density at radius 1 is 0.270 bits per heavy atom. The van der Waals surface area contributed by atoms with Gasteiger partial charge in [-0.15, -0.1) is 0 Å². The van der Waals surface area contributed by atoms with Crippen molar-refractivity contribution in [3.63, 3.8) is 0 Å². The minimum Gasteiger partial charge on any atom is -0.462 e. The van der Waals surface area contributed by atoms with Gasteiger partial charge >= 0.3 is 17.9 Å². The highest BCUT2D eigenvalue weighted by Gasteiger charge is 2.19. The standard InChI is InChI=1S/C68H122O6/c1-4-7-10-13-16-19-22-25-27-29-30-31-32-33-34-35-36-37-38-39-41-43-46-49-52-55-58-61-67(70)73-64-65(63-72-66(69)60-57-54-51-48-45-42-24-21-18-15-12-9-6-3)74-68(71)62-59-56-53-50-47-44-40-28-26-23-20-17-14-11-8-5-2/h20-25,28-30,40,65H,4-19,26-27,31-39,41-64H2,1-3H3/b23-20-,24-21-,25-22-,30-29-,40-28-. The first-order valence-corrected chi connectivity index (χ1v) is 32.3. The number of esters is 3. The molecule has 0 aliphatic carbocycles. The van der Waals surface area contributed by atoms with Gasteiger partial charge in [0, 0.05) is 19.3 Å². The number of carbonyl (C=O) groups excluding carboxylic acids is 3. The van der Waals surface area contributed by atoms with Crippen LogP contribution in [0, 0.1) is 0 Å². The quantitative estimate of drug-likeness (QED) is 0.0261. The molecule has 0 fully saturated rings. The van der Waals surface area contributed by atoms with Crippen molar-refractivity contribution < 1.29 is 28.6 Å². The lowest BCUT2D eigenvalue weighted by Gasteiger charge is -2.18. The summed E-state index contributed by atoms with van der Waals surface area (Å²) in [6, 6.07) is 0. The fraction of sp³-hybridized carbons (Fsp3) is 0.809. The molecule has 6 heteroatoms. The lowest BCUT2D eigenvalue weighted by molar-refractivity contribution is -0.167. The molecule has 0 saturated carbocycles. The first kappa shape index (κ1) is 71.1. The molecule has 0 aromatic carbocycles. The Labute approximate surface area is 460 Å². The summed E-state index contributed by atoms with van der Waals surface area (Å²) in [5.74, 6) is -0.888. The minimum atomic E-state index is -0.784. The molecule has 0 spiro atoms. The molecule has 430 valence electrons. The van der Waals surface area contributed by atoms with E-state index >= 15 is 0 Å². The van der Waals surface area contributed by atoms with Crippen molar-refractivity contribution in [2.75, 3.05) is 13.2 Å². The zero-order valence-corrected chi connectivity index (χ0v) is 49.4. The lowest BCUT2D eigenvalue weighted by atomic mass is 10.0. The predicted molar refractivity (Wildman–Crippen MR) is 321 cm³/mol. The van der Waals surface area contributed by atoms with Crippen LogP contribution in [0.5, 0.6) is 0 Å². The summed E-state index contributed by atoms with van der Waals surface area (Å²) >= 11 is 0. The van der Waals surface area contributed by atoms with Gasteiger partial charge in [-0.05, 0) is 109 Å². The third-order valence-corrected chi connectivity index (χ3v) is 14.2. The second-order valence-electron chi connectivity index (χ2n) is 21.7. The Kier molecular flexibility index (Phi) is 60.2. The fourth-order valence-electron chi connectivity index (χ4n) is 9.32. The maximum atomic E-state index is 12.9. The average Bonchev–Trinajstić information content (AvgIpc) is 3.40. The van der Waals surface area contributed by atoms with Gasteiger partial charge in [-0.25, -0.2) is 0 Å². The molecule has 0 radical (unpaired) electrons. The van der Waals surface area contributed by atoms with Crippen LogP contribution in [0.1, 0.15) is 335 Å². The van der Waals surface area contributed by atoms with Gasteiger partial charge < -0.3 is 14.2 Å². The molecule has 0 aliphatic heterocycles. The molecule has 0 aromatic heterocycles. The van der Waals surface area contributed by atoms with Gasteiger partial charge in [-0.3, -0.25) is 14.4 Å². The van der Waals surface area contributed by atoms with Crippen LogP contribution in [0.3, 0.4) is 0 Å². The van der Waals surface area contributed by atoms with Gasteiger partial charge in [0.25, 0.3) is 0 Å². The highest BCUT2D eigenvalue weighted by atomic mass is 16.6. The van der Waals surface area contributed by atoms with Crippen LogP contribution in [0.4, 0.5) is 0 Å². The van der Waals surface area contributed by atoms with E-state index < -0.39 is 6.10 Å². The number of rotatable bonds is 59. The van der Waals surface area contributed by atoms with Crippen LogP contribution < -0.4 is 0 Å². The third kappa shape index (κ3) is 60.0. The van der Waals surface area contributed by atoms with E-state index in [-0.39, 0.29) is 31.1 Å². The van der Waals surface area contributed by atoms with Crippen LogP contribution in [0.25, 0.3) is 0 Å². The molecule has 74 heavy (non-hydrogen) atoms. The van der Waals surface area contributed by atoms with Gasteiger partial charge in [0.1, 0.15) is 13.2 Å². The lowest BCUT2D eigenvalue weighted by Crippen LogP contribution is -2.30. The van der Waals surface area contributed by atoms with E-state index in [0.717, 1.165) is 96.3 Å². The highest BCUT2D eigenvalue weighted by molar-refractivity contribution is 5.71. The minimum absolute atomic E-state index is 0.0804. The van der Waals surface area contributed by atoms with Crippen molar-refractivity contribution in [3.8, 4) is 0 Å². The molecule has 0 heterocycles. The van der Waals surface area contributed by atoms with Crippen molar-refractivity contribution in [2.24, 2.45) is 0 Å². The zero-order valence-electron chi connectivity index (χ0n) is 49.4. The maximum Gasteiger partial charge on any atom is 0.306 e. The van der Waals surface area contributed by atoms with E-state index in [1.807, 2.05) is 0 Å². The summed E-state index contributed by atoms with van der Waals surface area (Å²) in [4.78, 5) is 38.3. The first-order valence-electron chi connectivity index (χ1n) is 32.3. The van der Waals surface area contributed by atoms with E-state index in [1.165, 1.54) is 199 Å². The Balaban J connectivity index is 4.25. The molecule has 0 bridgehead atoms. The monoisotopic (exact) mass is 1030 g/mol. The van der Waals surface area contributed by atoms with Gasteiger partial charge in [-0.2, -0.15) is 0 Å². The summed E-state index contributed by atoms with van der Waals surface area (Å²) < 4.78 is 16.9. The SMILES string of the molecule is CCCCCC/C=C\C/C=C\CCCCCCCC(=O)OC(COC(=O)CCCCCCC/C=C\CCCCCC)COC(=O)CCCCCCCCCCCCCCCCC/C=C\C/C=C\CCCCCCC. The predicted octanol–water partition coefficient (Wildman–Crippen LogP) is 21.9. The summed E-state index contributed by atoms with van der Waals surface area (Å²) in [7, 11) is 0. The molecule has 0 saturated heterocycles. The third-order valence-electron chi connectivity index (χ3n) is 14.2. The largest absolute Gasteiger partial charge is 0.462 e. The van der Waals surface area contributed by atoms with E-state index in [1.54, 1.807) is 0 Å². The topological polar surface area (TPSA) is 78.9 Å². The Bertz CT molecular complexity index is 1330. The molecule has 0 N–H and O–H groups in total. The molecular formula is C68H122O6. The molecule has 1 unspecified atom stereocenters. The first-order chi connectivity index (χ1) is 36.5. The van der Waals surface area contributed by atoms with Crippen molar-refractivity contribution in [3.05, 3.63) is 60.8 Å². The van der Waals surface area contributed by atoms with Crippen molar-refractivity contribution in [1.82, 2.24) is 0 Å². The van der Waals surface area contributed by atoms with Gasteiger partial charge in [0.2, 0.25) is 0 Å². The molecular weight excluding hydrogens is 913 g/mol. The van der Waals surface area contributed by atoms with E-state index in [2.05, 4.69) is 81.5 Å². The zero-order chi connectivity index (χ0) is 53.6. The molecule has 0 aromatic rings. The fourth-order valence-corrected chi connectivity index (χ4v) is 9.32. The van der Waals surface area contributed by atoms with Crippen molar-refractivity contribution in [2.45, 2.75) is 341 Å². The Morgan fingerprint density at radius 2 is 0.486 bits per heavy atom.